The van der Waals surface area contributed by atoms with Crippen molar-refractivity contribution in [2.45, 2.75) is 4.83 Å². The summed E-state index contributed by atoms with van der Waals surface area (Å²) in [6.45, 7) is 0. The molecule has 2 rings (SSSR count). The second kappa shape index (κ2) is 2.98. The molecule has 1 aromatic carbocycles. The highest BCUT2D eigenvalue weighted by atomic mass is 79.9. The van der Waals surface area contributed by atoms with E-state index in [2.05, 4.69) is 20.9 Å². The van der Waals surface area contributed by atoms with Crippen LogP contribution in [0.4, 0.5) is 13.2 Å². The first-order chi connectivity index (χ1) is 6.47. The van der Waals surface area contributed by atoms with Crippen LogP contribution in [-0.2, 0) is 4.83 Å². The number of fused-ring (bicyclic) bond motifs is 1. The molecule has 0 N–H and O–H groups in total. The monoisotopic (exact) mass is 265 g/mol. The lowest BCUT2D eigenvalue weighted by Gasteiger charge is -1.99. The van der Waals surface area contributed by atoms with Gasteiger partial charge in [0.1, 0.15) is 11.3 Å². The van der Waals surface area contributed by atoms with Crippen molar-refractivity contribution in [3.63, 3.8) is 0 Å². The summed E-state index contributed by atoms with van der Waals surface area (Å²) in [5.41, 5.74) is 0.194. The van der Waals surface area contributed by atoms with Gasteiger partial charge in [-0.3, -0.25) is 0 Å². The molecule has 0 fully saturated rings. The number of rotatable bonds is 1. The van der Waals surface area contributed by atoms with E-state index < -0.39 is 16.5 Å². The summed E-state index contributed by atoms with van der Waals surface area (Å²) in [4.78, 5) is 0.110. The standard InChI is InChI=1S/C8H3BrF3NO/c9-8(11,12)7-13-5-3-4(10)1-2-6(5)14-7/h1-3H. The van der Waals surface area contributed by atoms with Gasteiger partial charge < -0.3 is 4.42 Å². The van der Waals surface area contributed by atoms with Crippen molar-refractivity contribution in [2.75, 3.05) is 0 Å². The Morgan fingerprint density at radius 2 is 2.07 bits per heavy atom. The van der Waals surface area contributed by atoms with Gasteiger partial charge in [-0.2, -0.15) is 8.78 Å². The van der Waals surface area contributed by atoms with Gasteiger partial charge in [-0.15, -0.1) is 0 Å². The maximum Gasteiger partial charge on any atom is 0.375 e. The lowest BCUT2D eigenvalue weighted by Crippen LogP contribution is -2.01. The molecular formula is C8H3BrF3NO. The number of hydrogen-bond donors (Lipinski definition) is 0. The van der Waals surface area contributed by atoms with Crippen LogP contribution in [0.2, 0.25) is 0 Å². The molecule has 0 aliphatic carbocycles. The quantitative estimate of drug-likeness (QED) is 0.739. The van der Waals surface area contributed by atoms with Crippen molar-refractivity contribution >= 4 is 27.0 Å². The number of oxazole rings is 1. The minimum Gasteiger partial charge on any atom is -0.434 e. The van der Waals surface area contributed by atoms with E-state index in [1.807, 2.05) is 0 Å². The molecular weight excluding hydrogens is 263 g/mol. The van der Waals surface area contributed by atoms with Gasteiger partial charge in [0.2, 0.25) is 0 Å². The summed E-state index contributed by atoms with van der Waals surface area (Å²) < 4.78 is 42.7. The Labute approximate surface area is 84.9 Å². The molecule has 0 spiro atoms. The third kappa shape index (κ3) is 1.61. The van der Waals surface area contributed by atoms with Crippen LogP contribution in [-0.4, -0.2) is 4.98 Å². The zero-order chi connectivity index (χ0) is 10.3. The fraction of sp³-hybridized carbons (Fsp3) is 0.125. The first-order valence-electron chi connectivity index (χ1n) is 3.60. The molecule has 1 heterocycles. The van der Waals surface area contributed by atoms with E-state index >= 15 is 0 Å². The molecule has 6 heteroatoms. The van der Waals surface area contributed by atoms with E-state index in [-0.39, 0.29) is 11.1 Å². The molecule has 74 valence electrons. The average molecular weight is 266 g/mol. The van der Waals surface area contributed by atoms with Crippen molar-refractivity contribution in [3.05, 3.63) is 29.9 Å². The van der Waals surface area contributed by atoms with Gasteiger partial charge in [0.15, 0.2) is 5.58 Å². The summed E-state index contributed by atoms with van der Waals surface area (Å²) in [6.07, 6.45) is 0. The van der Waals surface area contributed by atoms with Crippen LogP contribution < -0.4 is 0 Å². The third-order valence-corrected chi connectivity index (χ3v) is 1.93. The highest BCUT2D eigenvalue weighted by molar-refractivity contribution is 9.09. The van der Waals surface area contributed by atoms with E-state index in [0.29, 0.717) is 0 Å². The smallest absolute Gasteiger partial charge is 0.375 e. The molecule has 0 saturated carbocycles. The van der Waals surface area contributed by atoms with Crippen LogP contribution in [0.15, 0.2) is 22.6 Å². The van der Waals surface area contributed by atoms with Crippen molar-refractivity contribution in [1.82, 2.24) is 4.98 Å². The van der Waals surface area contributed by atoms with Crippen molar-refractivity contribution < 1.29 is 17.6 Å². The van der Waals surface area contributed by atoms with Gasteiger partial charge in [-0.1, -0.05) is 0 Å². The van der Waals surface area contributed by atoms with Crippen LogP contribution in [0, 0.1) is 5.82 Å². The van der Waals surface area contributed by atoms with Crippen molar-refractivity contribution in [2.24, 2.45) is 0 Å². The molecule has 2 nitrogen and oxygen atoms in total. The van der Waals surface area contributed by atoms with Crippen molar-refractivity contribution in [3.8, 4) is 0 Å². The van der Waals surface area contributed by atoms with Crippen LogP contribution in [0.1, 0.15) is 5.89 Å². The first kappa shape index (κ1) is 9.51. The van der Waals surface area contributed by atoms with Crippen LogP contribution in [0.25, 0.3) is 11.1 Å². The number of alkyl halides is 3. The fourth-order valence-electron chi connectivity index (χ4n) is 1.02. The minimum atomic E-state index is -3.33. The zero-order valence-electron chi connectivity index (χ0n) is 6.60. The van der Waals surface area contributed by atoms with Gasteiger partial charge in [-0.05, 0) is 12.1 Å². The molecule has 0 aliphatic rings. The molecule has 14 heavy (non-hydrogen) atoms. The Balaban J connectivity index is 2.63. The van der Waals surface area contributed by atoms with Gasteiger partial charge in [0.25, 0.3) is 5.89 Å². The fourth-order valence-corrected chi connectivity index (χ4v) is 1.19. The van der Waals surface area contributed by atoms with E-state index in [0.717, 1.165) is 12.1 Å². The first-order valence-corrected chi connectivity index (χ1v) is 4.39. The minimum absolute atomic E-state index is 0.0686. The Morgan fingerprint density at radius 1 is 1.36 bits per heavy atom. The van der Waals surface area contributed by atoms with Gasteiger partial charge in [-0.25, -0.2) is 9.37 Å². The molecule has 0 amide bonds. The summed E-state index contributed by atoms with van der Waals surface area (Å²) in [6, 6.07) is 3.39. The van der Waals surface area contributed by atoms with E-state index in [4.69, 9.17) is 4.42 Å². The summed E-state index contributed by atoms with van der Waals surface area (Å²) in [5.74, 6) is -1.33. The Hall–Kier alpha value is -1.04. The zero-order valence-corrected chi connectivity index (χ0v) is 8.19. The number of hydrogen-bond acceptors (Lipinski definition) is 2. The Bertz CT molecular complexity index is 477. The van der Waals surface area contributed by atoms with E-state index in [1.165, 1.54) is 6.07 Å². The highest BCUT2D eigenvalue weighted by Gasteiger charge is 2.33. The second-order valence-corrected chi connectivity index (χ2v) is 3.62. The number of benzene rings is 1. The maximum absolute atomic E-state index is 12.7. The molecule has 0 saturated heterocycles. The normalized spacial score (nSPS) is 12.3. The summed E-state index contributed by atoms with van der Waals surface area (Å²) >= 11 is 2.10. The SMILES string of the molecule is Fc1ccc2oc(C(F)(F)Br)nc2c1. The average Bonchev–Trinajstić information content (AvgIpc) is 2.45. The lowest BCUT2D eigenvalue weighted by atomic mass is 10.3. The van der Waals surface area contributed by atoms with Gasteiger partial charge in [0, 0.05) is 22.0 Å². The molecule has 0 unspecified atom stereocenters. The van der Waals surface area contributed by atoms with E-state index in [1.54, 1.807) is 0 Å². The number of nitrogens with zero attached hydrogens (tertiary/aromatic N) is 1. The topological polar surface area (TPSA) is 26.0 Å². The predicted molar refractivity (Wildman–Crippen MR) is 46.8 cm³/mol. The number of halogens is 4. The summed E-state index contributed by atoms with van der Waals surface area (Å²) in [5, 5.41) is 0. The lowest BCUT2D eigenvalue weighted by molar-refractivity contribution is 0.0824. The van der Waals surface area contributed by atoms with Crippen LogP contribution in [0.5, 0.6) is 0 Å². The van der Waals surface area contributed by atoms with Gasteiger partial charge >= 0.3 is 4.83 Å². The Morgan fingerprint density at radius 3 is 2.71 bits per heavy atom. The maximum atomic E-state index is 12.7. The predicted octanol–water partition coefficient (Wildman–Crippen LogP) is 3.41. The van der Waals surface area contributed by atoms with Crippen LogP contribution >= 0.6 is 15.9 Å². The number of aromatic nitrogens is 1. The molecule has 1 aromatic heterocycles. The summed E-state index contributed by atoms with van der Waals surface area (Å²) in [7, 11) is 0. The third-order valence-electron chi connectivity index (χ3n) is 1.59. The van der Waals surface area contributed by atoms with Gasteiger partial charge in [0.05, 0.1) is 0 Å². The Kier molecular flexibility index (Phi) is 2.02. The molecule has 0 aliphatic heterocycles. The molecule has 0 bridgehead atoms. The highest BCUT2D eigenvalue weighted by Crippen LogP contribution is 2.35. The molecule has 0 atom stereocenters. The largest absolute Gasteiger partial charge is 0.434 e. The molecule has 0 radical (unpaired) electrons. The molecule has 2 aromatic rings. The van der Waals surface area contributed by atoms with E-state index in [9.17, 15) is 13.2 Å². The van der Waals surface area contributed by atoms with Crippen molar-refractivity contribution in [1.29, 1.82) is 0 Å². The van der Waals surface area contributed by atoms with Crippen LogP contribution in [0.3, 0.4) is 0 Å². The second-order valence-electron chi connectivity index (χ2n) is 2.63.